The first-order valence-electron chi connectivity index (χ1n) is 10.6. The number of rotatable bonds is 7. The number of benzene rings is 1. The molecule has 1 saturated carbocycles. The molecule has 1 aliphatic rings. The number of aliphatic hydroxyl groups is 1. The number of nitrogens with zero attached hydrogens (tertiary/aromatic N) is 6. The highest BCUT2D eigenvalue weighted by Crippen LogP contribution is 2.46. The number of aromatic nitrogens is 6. The predicted octanol–water partition coefficient (Wildman–Crippen LogP) is 3.29. The molecule has 3 heterocycles. The summed E-state index contributed by atoms with van der Waals surface area (Å²) in [7, 11) is 0. The highest BCUT2D eigenvalue weighted by atomic mass is 16.5. The van der Waals surface area contributed by atoms with Crippen molar-refractivity contribution in [3.63, 3.8) is 0 Å². The maximum atomic E-state index is 10.0. The van der Waals surface area contributed by atoms with E-state index in [0.717, 1.165) is 35.2 Å². The lowest BCUT2D eigenvalue weighted by Crippen LogP contribution is -2.26. The van der Waals surface area contributed by atoms with Crippen LogP contribution in [-0.4, -0.2) is 40.6 Å². The molecule has 164 valence electrons. The number of anilines is 1. The van der Waals surface area contributed by atoms with Gasteiger partial charge in [-0.05, 0) is 38.2 Å². The number of hydrogen-bond donors (Lipinski definition) is 2. The minimum atomic E-state index is -0.857. The molecule has 9 nitrogen and oxygen atoms in total. The van der Waals surface area contributed by atoms with E-state index in [1.54, 1.807) is 37.1 Å². The van der Waals surface area contributed by atoms with Crippen LogP contribution in [0.3, 0.4) is 0 Å². The molecule has 0 saturated heterocycles. The van der Waals surface area contributed by atoms with Gasteiger partial charge in [-0.25, -0.2) is 4.98 Å². The van der Waals surface area contributed by atoms with Gasteiger partial charge in [-0.2, -0.15) is 10.1 Å². The van der Waals surface area contributed by atoms with E-state index in [0.29, 0.717) is 30.0 Å². The third-order valence-corrected chi connectivity index (χ3v) is 5.48. The van der Waals surface area contributed by atoms with Crippen LogP contribution in [0, 0.1) is 5.92 Å². The Kier molecular flexibility index (Phi) is 4.97. The van der Waals surface area contributed by atoms with Crippen molar-refractivity contribution in [2.45, 2.75) is 44.8 Å². The Bertz CT molecular complexity index is 1200. The average Bonchev–Trinajstić information content (AvgIpc) is 3.27. The Labute approximate surface area is 185 Å². The van der Waals surface area contributed by atoms with E-state index < -0.39 is 5.60 Å². The zero-order valence-corrected chi connectivity index (χ0v) is 18.0. The first-order valence-corrected chi connectivity index (χ1v) is 10.6. The molecule has 5 rings (SSSR count). The first-order chi connectivity index (χ1) is 15.4. The maximum absolute atomic E-state index is 10.0. The topological polar surface area (TPSA) is 129 Å². The van der Waals surface area contributed by atoms with E-state index in [9.17, 15) is 5.11 Å². The SMILES string of the molecule is CC(C)(O)Cn1cc(-c2nc([C@@H](c3ccc(-c4cnc(N)cn4)cc3)C3CC3)no2)cn1. The van der Waals surface area contributed by atoms with Crippen molar-refractivity contribution in [1.29, 1.82) is 0 Å². The molecule has 9 heteroatoms. The van der Waals surface area contributed by atoms with E-state index in [-0.39, 0.29) is 5.92 Å². The number of nitrogen functional groups attached to an aromatic ring is 1. The lowest BCUT2D eigenvalue weighted by molar-refractivity contribution is 0.0577. The lowest BCUT2D eigenvalue weighted by atomic mass is 9.92. The number of hydrogen-bond acceptors (Lipinski definition) is 8. The molecular weight excluding hydrogens is 406 g/mol. The van der Waals surface area contributed by atoms with E-state index in [2.05, 4.69) is 37.3 Å². The molecule has 1 aliphatic carbocycles. The van der Waals surface area contributed by atoms with Crippen LogP contribution in [0.15, 0.2) is 53.6 Å². The molecule has 0 bridgehead atoms. The molecule has 0 radical (unpaired) electrons. The van der Waals surface area contributed by atoms with E-state index >= 15 is 0 Å². The Morgan fingerprint density at radius 3 is 2.56 bits per heavy atom. The molecule has 3 aromatic heterocycles. The van der Waals surface area contributed by atoms with Gasteiger partial charge in [0.05, 0.1) is 47.9 Å². The van der Waals surface area contributed by atoms with Gasteiger partial charge in [0.15, 0.2) is 5.82 Å². The normalized spacial score (nSPS) is 15.1. The smallest absolute Gasteiger partial charge is 0.261 e. The minimum Gasteiger partial charge on any atom is -0.389 e. The standard InChI is InChI=1S/C23H25N7O2/c1-23(2,31)13-30-12-17(9-27-30)22-28-21(29-32-22)20(16-7-8-16)15-5-3-14(4-6-15)18-10-26-19(24)11-25-18/h3-6,9-12,16,20,31H,7-8,13H2,1-2H3,(H2,24,26)/t20-/m0/s1. The van der Waals surface area contributed by atoms with Gasteiger partial charge in [-0.15, -0.1) is 0 Å². The summed E-state index contributed by atoms with van der Waals surface area (Å²) in [6, 6.07) is 8.25. The summed E-state index contributed by atoms with van der Waals surface area (Å²) in [6.07, 6.45) is 9.00. The van der Waals surface area contributed by atoms with Gasteiger partial charge in [0.2, 0.25) is 0 Å². The highest BCUT2D eigenvalue weighted by molar-refractivity contribution is 5.59. The van der Waals surface area contributed by atoms with Crippen molar-refractivity contribution in [2.24, 2.45) is 5.92 Å². The van der Waals surface area contributed by atoms with E-state index in [1.165, 1.54) is 0 Å². The molecule has 1 aromatic carbocycles. The predicted molar refractivity (Wildman–Crippen MR) is 118 cm³/mol. The molecule has 0 spiro atoms. The molecule has 0 amide bonds. The van der Waals surface area contributed by atoms with Gasteiger partial charge in [-0.3, -0.25) is 9.67 Å². The van der Waals surface area contributed by atoms with Crippen molar-refractivity contribution in [1.82, 2.24) is 29.9 Å². The third kappa shape index (κ3) is 4.38. The first kappa shape index (κ1) is 20.3. The molecular formula is C23H25N7O2. The zero-order chi connectivity index (χ0) is 22.3. The van der Waals surface area contributed by atoms with Gasteiger partial charge in [0.25, 0.3) is 5.89 Å². The van der Waals surface area contributed by atoms with Crippen LogP contribution in [-0.2, 0) is 6.54 Å². The third-order valence-electron chi connectivity index (χ3n) is 5.48. The second-order valence-electron chi connectivity index (χ2n) is 8.96. The molecule has 3 N–H and O–H groups in total. The summed E-state index contributed by atoms with van der Waals surface area (Å²) in [5.74, 6) is 2.09. The fraction of sp³-hybridized carbons (Fsp3) is 0.348. The van der Waals surface area contributed by atoms with Crippen molar-refractivity contribution in [3.8, 4) is 22.7 Å². The number of nitrogens with two attached hydrogens (primary N) is 1. The summed E-state index contributed by atoms with van der Waals surface area (Å²) >= 11 is 0. The quantitative estimate of drug-likeness (QED) is 0.456. The Hall–Kier alpha value is -3.59. The van der Waals surface area contributed by atoms with E-state index in [1.807, 2.05) is 18.3 Å². The summed E-state index contributed by atoms with van der Waals surface area (Å²) in [5, 5.41) is 18.6. The van der Waals surface area contributed by atoms with Crippen LogP contribution in [0.25, 0.3) is 22.7 Å². The summed E-state index contributed by atoms with van der Waals surface area (Å²) in [5.41, 5.74) is 8.41. The summed E-state index contributed by atoms with van der Waals surface area (Å²) in [4.78, 5) is 13.1. The van der Waals surface area contributed by atoms with Gasteiger partial charge in [0, 0.05) is 11.8 Å². The summed E-state index contributed by atoms with van der Waals surface area (Å²) in [6.45, 7) is 3.86. The fourth-order valence-electron chi connectivity index (χ4n) is 3.85. The summed E-state index contributed by atoms with van der Waals surface area (Å²) < 4.78 is 7.25. The average molecular weight is 432 g/mol. The lowest BCUT2D eigenvalue weighted by Gasteiger charge is -2.16. The van der Waals surface area contributed by atoms with Crippen LogP contribution >= 0.6 is 0 Å². The van der Waals surface area contributed by atoms with Crippen LogP contribution < -0.4 is 5.73 Å². The fourth-order valence-corrected chi connectivity index (χ4v) is 3.85. The zero-order valence-electron chi connectivity index (χ0n) is 18.0. The van der Waals surface area contributed by atoms with Crippen molar-refractivity contribution in [3.05, 3.63) is 60.4 Å². The largest absolute Gasteiger partial charge is 0.389 e. The van der Waals surface area contributed by atoms with Crippen LogP contribution in [0.2, 0.25) is 0 Å². The maximum Gasteiger partial charge on any atom is 0.261 e. The van der Waals surface area contributed by atoms with Gasteiger partial charge in [-0.1, -0.05) is 29.4 Å². The molecule has 0 aliphatic heterocycles. The molecule has 32 heavy (non-hydrogen) atoms. The Morgan fingerprint density at radius 2 is 1.91 bits per heavy atom. The molecule has 1 atom stereocenters. The van der Waals surface area contributed by atoms with E-state index in [4.69, 9.17) is 10.3 Å². The van der Waals surface area contributed by atoms with Gasteiger partial charge >= 0.3 is 0 Å². The van der Waals surface area contributed by atoms with Crippen molar-refractivity contribution in [2.75, 3.05) is 5.73 Å². The van der Waals surface area contributed by atoms with Crippen molar-refractivity contribution >= 4 is 5.82 Å². The Balaban J connectivity index is 1.38. The van der Waals surface area contributed by atoms with Gasteiger partial charge < -0.3 is 15.4 Å². The Morgan fingerprint density at radius 1 is 1.12 bits per heavy atom. The molecule has 1 fully saturated rings. The van der Waals surface area contributed by atoms with Crippen LogP contribution in [0.5, 0.6) is 0 Å². The van der Waals surface area contributed by atoms with Crippen LogP contribution in [0.1, 0.15) is 44.0 Å². The molecule has 0 unspecified atom stereocenters. The van der Waals surface area contributed by atoms with Gasteiger partial charge in [0.1, 0.15) is 5.82 Å². The highest BCUT2D eigenvalue weighted by Gasteiger charge is 2.36. The van der Waals surface area contributed by atoms with Crippen LogP contribution in [0.4, 0.5) is 5.82 Å². The second-order valence-corrected chi connectivity index (χ2v) is 8.96. The van der Waals surface area contributed by atoms with Crippen molar-refractivity contribution < 1.29 is 9.63 Å². The molecule has 4 aromatic rings. The second kappa shape index (κ2) is 7.83. The monoisotopic (exact) mass is 431 g/mol. The minimum absolute atomic E-state index is 0.0745.